The molecule has 1 rings (SSSR count). The molecule has 0 amide bonds. The SMILES string of the molecule is CCC/C=C/C(O)c1ccc(C)o1. The Balaban J connectivity index is 2.53. The average molecular weight is 180 g/mol. The molecule has 0 aliphatic carbocycles. The topological polar surface area (TPSA) is 33.4 Å². The van der Waals surface area contributed by atoms with Gasteiger partial charge in [-0.25, -0.2) is 0 Å². The van der Waals surface area contributed by atoms with Crippen LogP contribution in [0.1, 0.15) is 37.4 Å². The van der Waals surface area contributed by atoms with Gasteiger partial charge in [0.2, 0.25) is 0 Å². The van der Waals surface area contributed by atoms with E-state index < -0.39 is 6.10 Å². The van der Waals surface area contributed by atoms with E-state index in [1.54, 1.807) is 12.1 Å². The van der Waals surface area contributed by atoms with Gasteiger partial charge in [-0.1, -0.05) is 25.5 Å². The summed E-state index contributed by atoms with van der Waals surface area (Å²) in [4.78, 5) is 0. The normalized spacial score (nSPS) is 13.8. The van der Waals surface area contributed by atoms with Crippen LogP contribution in [0.4, 0.5) is 0 Å². The predicted octanol–water partition coefficient (Wildman–Crippen LogP) is 2.98. The molecule has 2 nitrogen and oxygen atoms in total. The first-order chi connectivity index (χ1) is 6.24. The lowest BCUT2D eigenvalue weighted by atomic mass is 10.2. The molecule has 0 aliphatic heterocycles. The summed E-state index contributed by atoms with van der Waals surface area (Å²) in [5, 5.41) is 9.58. The zero-order chi connectivity index (χ0) is 9.68. The molecule has 1 heterocycles. The summed E-state index contributed by atoms with van der Waals surface area (Å²) in [6.45, 7) is 3.97. The Hall–Kier alpha value is -1.02. The van der Waals surface area contributed by atoms with Gasteiger partial charge in [-0.3, -0.25) is 0 Å². The van der Waals surface area contributed by atoms with Crippen molar-refractivity contribution >= 4 is 0 Å². The largest absolute Gasteiger partial charge is 0.463 e. The lowest BCUT2D eigenvalue weighted by Crippen LogP contribution is -1.89. The van der Waals surface area contributed by atoms with Gasteiger partial charge in [-0.05, 0) is 25.5 Å². The van der Waals surface area contributed by atoms with Crippen LogP contribution >= 0.6 is 0 Å². The van der Waals surface area contributed by atoms with E-state index in [9.17, 15) is 5.11 Å². The lowest BCUT2D eigenvalue weighted by molar-refractivity contribution is 0.195. The van der Waals surface area contributed by atoms with Crippen molar-refractivity contribution in [2.75, 3.05) is 0 Å². The number of aliphatic hydroxyl groups excluding tert-OH is 1. The van der Waals surface area contributed by atoms with Gasteiger partial charge in [0.1, 0.15) is 17.6 Å². The molecule has 1 atom stereocenters. The monoisotopic (exact) mass is 180 g/mol. The van der Waals surface area contributed by atoms with Crippen LogP contribution in [0.5, 0.6) is 0 Å². The number of allylic oxidation sites excluding steroid dienone is 1. The second-order valence-corrected chi connectivity index (χ2v) is 3.11. The van der Waals surface area contributed by atoms with Crippen molar-refractivity contribution in [2.24, 2.45) is 0 Å². The van der Waals surface area contributed by atoms with Crippen molar-refractivity contribution in [2.45, 2.75) is 32.8 Å². The second kappa shape index (κ2) is 4.87. The Morgan fingerprint density at radius 1 is 1.54 bits per heavy atom. The standard InChI is InChI=1S/C11H16O2/c1-3-4-5-6-10(12)11-8-7-9(2)13-11/h5-8,10,12H,3-4H2,1-2H3/b6-5+. The molecular weight excluding hydrogens is 164 g/mol. The van der Waals surface area contributed by atoms with E-state index in [0.29, 0.717) is 5.76 Å². The fourth-order valence-electron chi connectivity index (χ4n) is 1.10. The number of hydrogen-bond acceptors (Lipinski definition) is 2. The maximum absolute atomic E-state index is 9.58. The second-order valence-electron chi connectivity index (χ2n) is 3.11. The zero-order valence-electron chi connectivity index (χ0n) is 8.16. The number of rotatable bonds is 4. The summed E-state index contributed by atoms with van der Waals surface area (Å²) in [6, 6.07) is 3.66. The van der Waals surface area contributed by atoms with Crippen LogP contribution in [0.2, 0.25) is 0 Å². The Morgan fingerprint density at radius 2 is 2.31 bits per heavy atom. The minimum Gasteiger partial charge on any atom is -0.463 e. The maximum Gasteiger partial charge on any atom is 0.136 e. The van der Waals surface area contributed by atoms with E-state index in [4.69, 9.17) is 4.42 Å². The van der Waals surface area contributed by atoms with Crippen molar-refractivity contribution in [1.82, 2.24) is 0 Å². The molecule has 0 saturated heterocycles. The highest BCUT2D eigenvalue weighted by Crippen LogP contribution is 2.17. The van der Waals surface area contributed by atoms with Crippen LogP contribution in [-0.4, -0.2) is 5.11 Å². The highest BCUT2D eigenvalue weighted by molar-refractivity contribution is 5.12. The molecule has 0 aliphatic rings. The van der Waals surface area contributed by atoms with Crippen LogP contribution in [0, 0.1) is 6.92 Å². The van der Waals surface area contributed by atoms with Crippen molar-refractivity contribution in [3.63, 3.8) is 0 Å². The molecule has 0 fully saturated rings. The van der Waals surface area contributed by atoms with E-state index >= 15 is 0 Å². The highest BCUT2D eigenvalue weighted by atomic mass is 16.4. The predicted molar refractivity (Wildman–Crippen MR) is 52.5 cm³/mol. The maximum atomic E-state index is 9.58. The molecule has 0 spiro atoms. The molecule has 0 aromatic carbocycles. The summed E-state index contributed by atoms with van der Waals surface area (Å²) in [5.74, 6) is 1.45. The van der Waals surface area contributed by atoms with Crippen LogP contribution in [0.25, 0.3) is 0 Å². The fourth-order valence-corrected chi connectivity index (χ4v) is 1.10. The van der Waals surface area contributed by atoms with Gasteiger partial charge in [0.15, 0.2) is 0 Å². The number of furan rings is 1. The molecular formula is C11H16O2. The third-order valence-electron chi connectivity index (χ3n) is 1.83. The van der Waals surface area contributed by atoms with Gasteiger partial charge in [0.05, 0.1) is 0 Å². The van der Waals surface area contributed by atoms with Gasteiger partial charge in [-0.2, -0.15) is 0 Å². The molecule has 1 aromatic heterocycles. The summed E-state index contributed by atoms with van der Waals surface area (Å²) in [6.07, 6.45) is 5.24. The summed E-state index contributed by atoms with van der Waals surface area (Å²) >= 11 is 0. The highest BCUT2D eigenvalue weighted by Gasteiger charge is 2.06. The molecule has 0 radical (unpaired) electrons. The van der Waals surface area contributed by atoms with E-state index in [1.807, 2.05) is 19.1 Å². The van der Waals surface area contributed by atoms with E-state index in [-0.39, 0.29) is 0 Å². The van der Waals surface area contributed by atoms with Crippen molar-refractivity contribution < 1.29 is 9.52 Å². The Bertz CT molecular complexity index is 273. The molecule has 1 aromatic rings. The van der Waals surface area contributed by atoms with Crippen LogP contribution in [0.3, 0.4) is 0 Å². The van der Waals surface area contributed by atoms with Crippen LogP contribution in [0.15, 0.2) is 28.7 Å². The summed E-state index contributed by atoms with van der Waals surface area (Å²) in [7, 11) is 0. The van der Waals surface area contributed by atoms with Gasteiger partial charge in [0, 0.05) is 0 Å². The van der Waals surface area contributed by atoms with Crippen LogP contribution < -0.4 is 0 Å². The Kier molecular flexibility index (Phi) is 3.77. The molecule has 1 unspecified atom stereocenters. The first-order valence-corrected chi connectivity index (χ1v) is 4.65. The third kappa shape index (κ3) is 3.07. The van der Waals surface area contributed by atoms with Gasteiger partial charge in [0.25, 0.3) is 0 Å². The fraction of sp³-hybridized carbons (Fsp3) is 0.455. The summed E-state index contributed by atoms with van der Waals surface area (Å²) < 4.78 is 5.27. The molecule has 2 heteroatoms. The van der Waals surface area contributed by atoms with Crippen molar-refractivity contribution in [3.8, 4) is 0 Å². The van der Waals surface area contributed by atoms with E-state index in [0.717, 1.165) is 18.6 Å². The first kappa shape index (κ1) is 10.1. The van der Waals surface area contributed by atoms with Crippen molar-refractivity contribution in [1.29, 1.82) is 0 Å². The lowest BCUT2D eigenvalue weighted by Gasteiger charge is -1.99. The average Bonchev–Trinajstić information content (AvgIpc) is 2.52. The van der Waals surface area contributed by atoms with Gasteiger partial charge in [-0.15, -0.1) is 0 Å². The quantitative estimate of drug-likeness (QED) is 0.722. The van der Waals surface area contributed by atoms with E-state index in [2.05, 4.69) is 6.92 Å². The molecule has 1 N–H and O–H groups in total. The zero-order valence-corrected chi connectivity index (χ0v) is 8.16. The number of aliphatic hydroxyl groups is 1. The van der Waals surface area contributed by atoms with Gasteiger partial charge >= 0.3 is 0 Å². The van der Waals surface area contributed by atoms with E-state index in [1.165, 1.54) is 0 Å². The molecule has 0 bridgehead atoms. The molecule has 72 valence electrons. The Labute approximate surface area is 78.9 Å². The minimum atomic E-state index is -0.597. The van der Waals surface area contributed by atoms with Crippen LogP contribution in [-0.2, 0) is 0 Å². The molecule has 13 heavy (non-hydrogen) atoms. The first-order valence-electron chi connectivity index (χ1n) is 4.65. The Morgan fingerprint density at radius 3 is 2.85 bits per heavy atom. The minimum absolute atomic E-state index is 0.597. The third-order valence-corrected chi connectivity index (χ3v) is 1.83. The number of hydrogen-bond donors (Lipinski definition) is 1. The smallest absolute Gasteiger partial charge is 0.136 e. The van der Waals surface area contributed by atoms with Crippen molar-refractivity contribution in [3.05, 3.63) is 35.8 Å². The summed E-state index contributed by atoms with van der Waals surface area (Å²) in [5.41, 5.74) is 0. The molecule has 0 saturated carbocycles. The number of unbranched alkanes of at least 4 members (excludes halogenated alkanes) is 1. The number of aryl methyl sites for hydroxylation is 1. The van der Waals surface area contributed by atoms with Gasteiger partial charge < -0.3 is 9.52 Å².